The Bertz CT molecular complexity index is 1620. The third kappa shape index (κ3) is 12.8. The Balaban J connectivity index is 0.00000833. The standard InChI is InChI=1S/C21H36N7O16P3S.Na/c1-21(2,16(31)19(32)24-4-3-12(29)23-5-6-48)8-41-47(38,39)44-46(36,37)40-7-11-15(43-45(33,34)35)14(30)20(42-11)28-10-27-13-17(22)25-9-26-18(13)28;/h9-11,14-16,20,30-31,48H,3-8H2,1-2H3,(H,23,29)(H,24,32)(H,36,37)(H,38,39)(H2,22,25,26)(H2,33,34,35);/q;+1/p-1/t11-,14-,15-,16?,20-;/m1./s1. The molecule has 1 fully saturated rings. The minimum Gasteiger partial charge on any atom is -0.862 e. The van der Waals surface area contributed by atoms with E-state index in [0.717, 1.165) is 17.2 Å². The summed E-state index contributed by atoms with van der Waals surface area (Å²) in [7, 11) is -16.3. The van der Waals surface area contributed by atoms with Crippen molar-refractivity contribution in [2.45, 2.75) is 50.9 Å². The molecule has 49 heavy (non-hydrogen) atoms. The molecule has 23 nitrogen and oxygen atoms in total. The fraction of sp³-hybridized carbons (Fsp3) is 0.667. The molecule has 0 aliphatic carbocycles. The number of nitrogens with one attached hydrogen (secondary N) is 1. The first-order valence-corrected chi connectivity index (χ1v) is 18.7. The molecular formula is C21H35N7NaO16P3S. The van der Waals surface area contributed by atoms with Crippen LogP contribution >= 0.6 is 36.1 Å². The van der Waals surface area contributed by atoms with Crippen LogP contribution in [0.5, 0.6) is 0 Å². The summed E-state index contributed by atoms with van der Waals surface area (Å²) in [6.45, 7) is 0.546. The van der Waals surface area contributed by atoms with Crippen LogP contribution in [0.25, 0.3) is 11.2 Å². The van der Waals surface area contributed by atoms with E-state index in [4.69, 9.17) is 19.5 Å². The molecule has 0 bridgehead atoms. The van der Waals surface area contributed by atoms with E-state index in [-0.39, 0.29) is 66.0 Å². The molecule has 2 aromatic rings. The second kappa shape index (κ2) is 18.1. The maximum Gasteiger partial charge on any atom is 1.00 e. The van der Waals surface area contributed by atoms with Crippen molar-refractivity contribution in [3.05, 3.63) is 12.7 Å². The van der Waals surface area contributed by atoms with E-state index in [9.17, 15) is 53.4 Å². The number of nitrogens with two attached hydrogens (primary N) is 1. The Morgan fingerprint density at radius 1 is 1.20 bits per heavy atom. The fourth-order valence-corrected chi connectivity index (χ4v) is 7.03. The molecule has 272 valence electrons. The van der Waals surface area contributed by atoms with Crippen LogP contribution in [-0.2, 0) is 41.1 Å². The zero-order valence-electron chi connectivity index (χ0n) is 26.2. The number of phosphoric acid groups is 3. The zero-order valence-corrected chi connectivity index (χ0v) is 31.7. The van der Waals surface area contributed by atoms with Crippen LogP contribution in [0.4, 0.5) is 5.82 Å². The molecule has 7 atom stereocenters. The number of amides is 1. The first kappa shape index (κ1) is 44.1. The van der Waals surface area contributed by atoms with Crippen LogP contribution in [0, 0.1) is 5.41 Å². The van der Waals surface area contributed by atoms with Gasteiger partial charge in [0.25, 0.3) is 0 Å². The Labute approximate surface area is 305 Å². The van der Waals surface area contributed by atoms with E-state index >= 15 is 0 Å². The molecule has 1 aliphatic heterocycles. The number of ether oxygens (including phenoxy) is 1. The van der Waals surface area contributed by atoms with E-state index in [2.05, 4.69) is 46.7 Å². The first-order chi connectivity index (χ1) is 22.2. The molecule has 1 amide bonds. The third-order valence-corrected chi connectivity index (χ3v) is 9.75. The van der Waals surface area contributed by atoms with Crippen LogP contribution in [0.1, 0.15) is 26.5 Å². The van der Waals surface area contributed by atoms with Gasteiger partial charge >= 0.3 is 53.0 Å². The maximum absolute atomic E-state index is 12.6. The first-order valence-electron chi connectivity index (χ1n) is 13.6. The number of carbonyl (C=O) groups excluding carboxylic acids is 1. The number of rotatable bonds is 18. The number of imidazole rings is 1. The SMILES string of the molecule is CC(C)(COP(=O)(O)OP(=O)(O)OC[C@H]1O[C@@H](n2cnc3c(N)ncnc32)[C@H](O)[C@@H]1OP(=O)(O)O)C(O)C(=O)NCCC([O-])=NCCS.[Na+]. The van der Waals surface area contributed by atoms with E-state index in [1.807, 2.05) is 0 Å². The zero-order chi connectivity index (χ0) is 36.1. The summed E-state index contributed by atoms with van der Waals surface area (Å²) >= 11 is 3.92. The van der Waals surface area contributed by atoms with Crippen molar-refractivity contribution in [2.75, 3.05) is 37.8 Å². The third-order valence-electron chi connectivity index (χ3n) is 6.45. The molecule has 0 spiro atoms. The quantitative estimate of drug-likeness (QED) is 0.0224. The Hall–Kier alpha value is -1.11. The number of aliphatic hydroxyl groups is 2. The van der Waals surface area contributed by atoms with Gasteiger partial charge in [-0.25, -0.2) is 28.6 Å². The second-order valence-corrected chi connectivity index (χ2v) is 15.4. The van der Waals surface area contributed by atoms with Crippen molar-refractivity contribution in [2.24, 2.45) is 10.4 Å². The largest absolute Gasteiger partial charge is 1.00 e. The number of nitrogens with zero attached hydrogens (tertiary/aromatic N) is 5. The molecule has 28 heteroatoms. The molecule has 9 N–H and O–H groups in total. The number of aliphatic imine (C=N–C) groups is 1. The number of fused-ring (bicyclic) bond motifs is 1. The number of aromatic nitrogens is 4. The number of anilines is 1. The maximum atomic E-state index is 12.6. The predicted molar refractivity (Wildman–Crippen MR) is 163 cm³/mol. The minimum atomic E-state index is -5.54. The molecule has 3 unspecified atom stereocenters. The normalized spacial score (nSPS) is 23.4. The number of hydrogen-bond donors (Lipinski definition) is 9. The van der Waals surface area contributed by atoms with Gasteiger partial charge in [0.2, 0.25) is 5.91 Å². The summed E-state index contributed by atoms with van der Waals surface area (Å²) in [4.78, 5) is 66.6. The topological polar surface area (TPSA) is 353 Å². The van der Waals surface area contributed by atoms with E-state index < -0.39 is 84.5 Å². The van der Waals surface area contributed by atoms with Gasteiger partial charge in [-0.2, -0.15) is 16.9 Å². The van der Waals surface area contributed by atoms with Crippen LogP contribution in [-0.4, -0.2) is 118 Å². The Morgan fingerprint density at radius 3 is 2.49 bits per heavy atom. The molecule has 2 aromatic heterocycles. The number of phosphoric ester groups is 3. The fourth-order valence-electron chi connectivity index (χ4n) is 4.10. The summed E-state index contributed by atoms with van der Waals surface area (Å²) in [6, 6.07) is 0. The van der Waals surface area contributed by atoms with Gasteiger partial charge < -0.3 is 55.7 Å². The number of nitrogen functional groups attached to an aromatic ring is 1. The van der Waals surface area contributed by atoms with Gasteiger partial charge in [-0.15, -0.1) is 0 Å². The van der Waals surface area contributed by atoms with Crippen molar-refractivity contribution < 1.29 is 106 Å². The van der Waals surface area contributed by atoms with Crippen molar-refractivity contribution in [1.29, 1.82) is 0 Å². The van der Waals surface area contributed by atoms with Crippen molar-refractivity contribution in [3.8, 4) is 0 Å². The number of thiol groups is 1. The van der Waals surface area contributed by atoms with Crippen molar-refractivity contribution >= 4 is 64.9 Å². The molecule has 1 saturated heterocycles. The van der Waals surface area contributed by atoms with Crippen molar-refractivity contribution in [3.63, 3.8) is 0 Å². The van der Waals surface area contributed by atoms with E-state index in [0.29, 0.717) is 5.75 Å². The summed E-state index contributed by atoms with van der Waals surface area (Å²) in [5.41, 5.74) is 4.29. The summed E-state index contributed by atoms with van der Waals surface area (Å²) in [5.74, 6) is -1.14. The van der Waals surface area contributed by atoms with Gasteiger partial charge in [0, 0.05) is 24.3 Å². The number of hydrogen-bond acceptors (Lipinski definition) is 18. The average Bonchev–Trinajstić information content (AvgIpc) is 3.54. The van der Waals surface area contributed by atoms with Crippen molar-refractivity contribution in [1.82, 2.24) is 24.8 Å². The average molecular weight is 790 g/mol. The number of carbonyl (C=O) groups is 1. The molecular weight excluding hydrogens is 754 g/mol. The molecule has 0 radical (unpaired) electrons. The molecule has 0 aromatic carbocycles. The number of aliphatic hydroxyl groups excluding tert-OH is 2. The minimum absolute atomic E-state index is 0. The molecule has 0 saturated carbocycles. The molecule has 1 aliphatic rings. The van der Waals surface area contributed by atoms with Crippen LogP contribution in [0.15, 0.2) is 17.6 Å². The Kier molecular flexibility index (Phi) is 16.3. The van der Waals surface area contributed by atoms with Crippen LogP contribution < -0.4 is 45.7 Å². The smallest absolute Gasteiger partial charge is 0.862 e. The monoisotopic (exact) mass is 789 g/mol. The van der Waals surface area contributed by atoms with E-state index in [1.54, 1.807) is 0 Å². The van der Waals surface area contributed by atoms with Crippen LogP contribution in [0.2, 0.25) is 0 Å². The predicted octanol–water partition coefficient (Wildman–Crippen LogP) is -5.02. The van der Waals surface area contributed by atoms with Gasteiger partial charge in [0.1, 0.15) is 36.3 Å². The van der Waals surface area contributed by atoms with E-state index in [1.165, 1.54) is 13.8 Å². The van der Waals surface area contributed by atoms with Gasteiger partial charge in [0.05, 0.1) is 19.5 Å². The van der Waals surface area contributed by atoms with Gasteiger partial charge in [-0.3, -0.25) is 22.9 Å². The Morgan fingerprint density at radius 2 is 1.86 bits per heavy atom. The van der Waals surface area contributed by atoms with Gasteiger partial charge in [0.15, 0.2) is 17.7 Å². The van der Waals surface area contributed by atoms with Gasteiger partial charge in [-0.1, -0.05) is 13.8 Å². The van der Waals surface area contributed by atoms with Gasteiger partial charge in [-0.05, 0) is 12.3 Å². The second-order valence-electron chi connectivity index (χ2n) is 10.7. The van der Waals surface area contributed by atoms with Crippen LogP contribution in [0.3, 0.4) is 0 Å². The summed E-state index contributed by atoms with van der Waals surface area (Å²) in [5, 5.41) is 35.1. The summed E-state index contributed by atoms with van der Waals surface area (Å²) < 4.78 is 61.7. The molecule has 3 heterocycles. The summed E-state index contributed by atoms with van der Waals surface area (Å²) in [6.07, 6.45) is -6.81. The molecule has 3 rings (SSSR count).